The summed E-state index contributed by atoms with van der Waals surface area (Å²) in [4.78, 5) is 0. The summed E-state index contributed by atoms with van der Waals surface area (Å²) in [6.45, 7) is 13.1. The summed E-state index contributed by atoms with van der Waals surface area (Å²) in [5.41, 5.74) is 0. The van der Waals surface area contributed by atoms with Crippen molar-refractivity contribution in [1.29, 1.82) is 0 Å². The van der Waals surface area contributed by atoms with Crippen molar-refractivity contribution in [3.05, 3.63) is 0 Å². The van der Waals surface area contributed by atoms with Crippen molar-refractivity contribution in [3.63, 3.8) is 0 Å². The minimum atomic E-state index is -1.92. The second-order valence-electron chi connectivity index (χ2n) is 9.22. The fourth-order valence-corrected chi connectivity index (χ4v) is 5.05. The van der Waals surface area contributed by atoms with E-state index in [1.165, 1.54) is 109 Å². The zero-order valence-electron chi connectivity index (χ0n) is 20.3. The van der Waals surface area contributed by atoms with Crippen molar-refractivity contribution >= 4 is 8.56 Å². The van der Waals surface area contributed by atoms with Crippen LogP contribution in [0.4, 0.5) is 0 Å². The molecule has 0 bridgehead atoms. The molecule has 170 valence electrons. The van der Waals surface area contributed by atoms with Crippen molar-refractivity contribution in [2.24, 2.45) is 5.92 Å². The standard InChI is InChI=1S/C25H54O2Si/c1-6-9-11-12-13-14-15-16-17-18-19-20-21-23-26-28(4,5)27-24-25(8-3)22-10-7-2/h25H,6-24H2,1-5H3. The maximum atomic E-state index is 6.21. The molecule has 0 aromatic carbocycles. The molecular weight excluding hydrogens is 360 g/mol. The molecule has 0 amide bonds. The van der Waals surface area contributed by atoms with Gasteiger partial charge in [-0.15, -0.1) is 0 Å². The number of hydrogen-bond donors (Lipinski definition) is 0. The molecule has 0 saturated heterocycles. The Morgan fingerprint density at radius 2 is 1.04 bits per heavy atom. The SMILES string of the molecule is CCCCCCCCCCCCCCCO[Si](C)(C)OCC(CC)CCCC. The van der Waals surface area contributed by atoms with Gasteiger partial charge in [0.2, 0.25) is 0 Å². The molecule has 0 aliphatic rings. The summed E-state index contributed by atoms with van der Waals surface area (Å²) in [5.74, 6) is 0.715. The van der Waals surface area contributed by atoms with Gasteiger partial charge in [-0.05, 0) is 31.9 Å². The Balaban J connectivity index is 3.44. The zero-order chi connectivity index (χ0) is 20.9. The maximum Gasteiger partial charge on any atom is 0.331 e. The van der Waals surface area contributed by atoms with Gasteiger partial charge in [0.15, 0.2) is 0 Å². The molecule has 0 saturated carbocycles. The van der Waals surface area contributed by atoms with E-state index in [9.17, 15) is 0 Å². The fraction of sp³-hybridized carbons (Fsp3) is 1.00. The molecule has 0 radical (unpaired) electrons. The number of unbranched alkanes of at least 4 members (excludes halogenated alkanes) is 13. The van der Waals surface area contributed by atoms with Crippen LogP contribution in [-0.4, -0.2) is 21.8 Å². The summed E-state index contributed by atoms with van der Waals surface area (Å²) in [5, 5.41) is 0. The Morgan fingerprint density at radius 3 is 1.50 bits per heavy atom. The number of hydrogen-bond acceptors (Lipinski definition) is 2. The van der Waals surface area contributed by atoms with Gasteiger partial charge in [0.05, 0.1) is 0 Å². The summed E-state index contributed by atoms with van der Waals surface area (Å²) >= 11 is 0. The van der Waals surface area contributed by atoms with Crippen LogP contribution in [0.25, 0.3) is 0 Å². The zero-order valence-corrected chi connectivity index (χ0v) is 21.3. The maximum absolute atomic E-state index is 6.21. The number of rotatable bonds is 22. The normalized spacial score (nSPS) is 13.2. The molecule has 0 aromatic rings. The largest absolute Gasteiger partial charge is 0.395 e. The van der Waals surface area contributed by atoms with Crippen molar-refractivity contribution < 1.29 is 8.85 Å². The van der Waals surface area contributed by atoms with E-state index in [1.807, 2.05) is 0 Å². The molecule has 0 heterocycles. The third-order valence-corrected chi connectivity index (χ3v) is 7.67. The lowest BCUT2D eigenvalue weighted by molar-refractivity contribution is 0.146. The second-order valence-corrected chi connectivity index (χ2v) is 12.6. The van der Waals surface area contributed by atoms with Crippen LogP contribution in [0.1, 0.15) is 130 Å². The van der Waals surface area contributed by atoms with E-state index in [0.29, 0.717) is 5.92 Å². The lowest BCUT2D eigenvalue weighted by Crippen LogP contribution is -2.37. The first-order valence-electron chi connectivity index (χ1n) is 12.8. The molecule has 0 aromatic heterocycles. The van der Waals surface area contributed by atoms with Crippen LogP contribution in [0.3, 0.4) is 0 Å². The molecule has 2 nitrogen and oxygen atoms in total. The predicted octanol–water partition coefficient (Wildman–Crippen LogP) is 9.03. The fourth-order valence-electron chi connectivity index (χ4n) is 3.70. The summed E-state index contributed by atoms with van der Waals surface area (Å²) in [6, 6.07) is 0. The molecule has 0 spiro atoms. The van der Waals surface area contributed by atoms with Crippen LogP contribution in [0, 0.1) is 5.92 Å². The van der Waals surface area contributed by atoms with E-state index >= 15 is 0 Å². The Hall–Kier alpha value is 0.137. The first-order valence-corrected chi connectivity index (χ1v) is 15.6. The highest BCUT2D eigenvalue weighted by molar-refractivity contribution is 6.64. The average molecular weight is 415 g/mol. The molecular formula is C25H54O2Si. The first kappa shape index (κ1) is 28.1. The van der Waals surface area contributed by atoms with E-state index in [0.717, 1.165) is 13.2 Å². The van der Waals surface area contributed by atoms with Gasteiger partial charge in [-0.1, -0.05) is 117 Å². The van der Waals surface area contributed by atoms with Gasteiger partial charge >= 0.3 is 8.56 Å². The van der Waals surface area contributed by atoms with E-state index in [-0.39, 0.29) is 0 Å². The molecule has 1 unspecified atom stereocenters. The topological polar surface area (TPSA) is 18.5 Å². The Bertz CT molecular complexity index is 307. The van der Waals surface area contributed by atoms with Crippen LogP contribution in [0.15, 0.2) is 0 Å². The van der Waals surface area contributed by atoms with Gasteiger partial charge in [0.25, 0.3) is 0 Å². The Kier molecular flexibility index (Phi) is 20.5. The van der Waals surface area contributed by atoms with E-state index < -0.39 is 8.56 Å². The lowest BCUT2D eigenvalue weighted by Gasteiger charge is -2.26. The van der Waals surface area contributed by atoms with Gasteiger partial charge in [-0.25, -0.2) is 0 Å². The smallest absolute Gasteiger partial charge is 0.331 e. The van der Waals surface area contributed by atoms with Crippen LogP contribution in [0.5, 0.6) is 0 Å². The third kappa shape index (κ3) is 19.5. The van der Waals surface area contributed by atoms with Gasteiger partial charge < -0.3 is 8.85 Å². The Labute approximate surface area is 179 Å². The van der Waals surface area contributed by atoms with Crippen molar-refractivity contribution in [3.8, 4) is 0 Å². The average Bonchev–Trinajstić information content (AvgIpc) is 2.68. The van der Waals surface area contributed by atoms with E-state index in [1.54, 1.807) is 0 Å². The quantitative estimate of drug-likeness (QED) is 0.130. The third-order valence-electron chi connectivity index (χ3n) is 5.91. The lowest BCUT2D eigenvalue weighted by atomic mass is 10.0. The summed E-state index contributed by atoms with van der Waals surface area (Å²) in [7, 11) is -1.92. The van der Waals surface area contributed by atoms with Crippen LogP contribution in [-0.2, 0) is 8.85 Å². The second kappa shape index (κ2) is 20.4. The van der Waals surface area contributed by atoms with Gasteiger partial charge in [0, 0.05) is 13.2 Å². The monoisotopic (exact) mass is 414 g/mol. The van der Waals surface area contributed by atoms with Gasteiger partial charge in [-0.2, -0.15) is 0 Å². The minimum Gasteiger partial charge on any atom is -0.395 e. The van der Waals surface area contributed by atoms with Gasteiger partial charge in [-0.3, -0.25) is 0 Å². The molecule has 0 aliphatic carbocycles. The highest BCUT2D eigenvalue weighted by Crippen LogP contribution is 2.17. The first-order chi connectivity index (χ1) is 13.6. The molecule has 0 rings (SSSR count). The Morgan fingerprint density at radius 1 is 0.571 bits per heavy atom. The van der Waals surface area contributed by atoms with Gasteiger partial charge in [0.1, 0.15) is 0 Å². The molecule has 1 atom stereocenters. The highest BCUT2D eigenvalue weighted by atomic mass is 28.4. The van der Waals surface area contributed by atoms with E-state index in [2.05, 4.69) is 33.9 Å². The molecule has 28 heavy (non-hydrogen) atoms. The van der Waals surface area contributed by atoms with Crippen molar-refractivity contribution in [2.45, 2.75) is 143 Å². The van der Waals surface area contributed by atoms with E-state index in [4.69, 9.17) is 8.85 Å². The summed E-state index contributed by atoms with van der Waals surface area (Å²) < 4.78 is 12.4. The molecule has 0 fully saturated rings. The predicted molar refractivity (Wildman–Crippen MR) is 128 cm³/mol. The minimum absolute atomic E-state index is 0.715. The summed E-state index contributed by atoms with van der Waals surface area (Å²) in [6.07, 6.45) is 23.3. The van der Waals surface area contributed by atoms with Crippen molar-refractivity contribution in [1.82, 2.24) is 0 Å². The van der Waals surface area contributed by atoms with Crippen LogP contribution in [0.2, 0.25) is 13.1 Å². The molecule has 3 heteroatoms. The van der Waals surface area contributed by atoms with Crippen LogP contribution >= 0.6 is 0 Å². The highest BCUT2D eigenvalue weighted by Gasteiger charge is 2.25. The van der Waals surface area contributed by atoms with Crippen LogP contribution < -0.4 is 0 Å². The van der Waals surface area contributed by atoms with Crippen molar-refractivity contribution in [2.75, 3.05) is 13.2 Å². The molecule has 0 aliphatic heterocycles. The molecule has 0 N–H and O–H groups in total.